The van der Waals surface area contributed by atoms with Gasteiger partial charge in [-0.2, -0.15) is 0 Å². The lowest BCUT2D eigenvalue weighted by Gasteiger charge is -2.28. The molecule has 12 aromatic rings. The molecule has 0 spiro atoms. The summed E-state index contributed by atoms with van der Waals surface area (Å²) in [5.41, 5.74) is 14.0. The fourth-order valence-electron chi connectivity index (χ4n) is 9.40. The van der Waals surface area contributed by atoms with E-state index in [0.717, 1.165) is 22.7 Å². The Balaban J connectivity index is 1.03. The molecular weight excluding hydrogens is 757 g/mol. The van der Waals surface area contributed by atoms with Crippen LogP contribution in [-0.4, -0.2) is 4.57 Å². The molecule has 0 bridgehead atoms. The number of benzene rings is 10. The van der Waals surface area contributed by atoms with Crippen molar-refractivity contribution in [2.75, 3.05) is 4.90 Å². The van der Waals surface area contributed by atoms with E-state index in [9.17, 15) is 0 Å². The van der Waals surface area contributed by atoms with E-state index in [1.807, 2.05) is 11.3 Å². The summed E-state index contributed by atoms with van der Waals surface area (Å²) in [4.78, 5) is 2.44. The molecule has 10 aromatic carbocycles. The molecule has 61 heavy (non-hydrogen) atoms. The summed E-state index contributed by atoms with van der Waals surface area (Å²) in [6.07, 6.45) is 0. The number of hydrogen-bond acceptors (Lipinski definition) is 2. The first-order valence-electron chi connectivity index (χ1n) is 20.8. The molecule has 0 fully saturated rings. The molecule has 286 valence electrons. The predicted octanol–water partition coefficient (Wildman–Crippen LogP) is 16.8. The van der Waals surface area contributed by atoms with Crippen molar-refractivity contribution in [3.63, 3.8) is 0 Å². The molecule has 0 atom stereocenters. The molecule has 0 amide bonds. The zero-order valence-corrected chi connectivity index (χ0v) is 34.1. The number of para-hydroxylation sites is 3. The van der Waals surface area contributed by atoms with Crippen molar-refractivity contribution < 1.29 is 0 Å². The molecule has 0 saturated heterocycles. The van der Waals surface area contributed by atoms with E-state index in [2.05, 4.69) is 240 Å². The Morgan fingerprint density at radius 3 is 1.77 bits per heavy atom. The molecule has 0 saturated carbocycles. The third kappa shape index (κ3) is 5.93. The van der Waals surface area contributed by atoms with E-state index in [-0.39, 0.29) is 0 Å². The second kappa shape index (κ2) is 14.5. The number of rotatable bonds is 7. The second-order valence-corrected chi connectivity index (χ2v) is 16.7. The third-order valence-electron chi connectivity index (χ3n) is 12.2. The predicted molar refractivity (Wildman–Crippen MR) is 262 cm³/mol. The van der Waals surface area contributed by atoms with Gasteiger partial charge in [-0.1, -0.05) is 170 Å². The van der Waals surface area contributed by atoms with Crippen LogP contribution in [-0.2, 0) is 0 Å². The fraction of sp³-hybridized carbons (Fsp3) is 0. The number of hydrogen-bond donors (Lipinski definition) is 0. The van der Waals surface area contributed by atoms with Crippen molar-refractivity contribution in [1.82, 2.24) is 4.57 Å². The summed E-state index contributed by atoms with van der Waals surface area (Å²) in [6.45, 7) is 0. The van der Waals surface area contributed by atoms with Crippen LogP contribution in [0.2, 0.25) is 0 Å². The first-order chi connectivity index (χ1) is 30.3. The van der Waals surface area contributed by atoms with Crippen LogP contribution in [0.25, 0.3) is 91.8 Å². The van der Waals surface area contributed by atoms with Crippen molar-refractivity contribution in [2.24, 2.45) is 0 Å². The van der Waals surface area contributed by atoms with Crippen molar-refractivity contribution in [3.8, 4) is 39.1 Å². The number of anilines is 3. The lowest BCUT2D eigenvalue weighted by atomic mass is 9.95. The molecule has 3 heteroatoms. The Morgan fingerprint density at radius 2 is 0.934 bits per heavy atom. The van der Waals surface area contributed by atoms with Gasteiger partial charge in [0, 0.05) is 59.1 Å². The SMILES string of the molecule is c1cc(-c2ccc(N(c3cccc(-n4c5ccccc5c5ccccc54)c3)c3ccccc3-c3cccc4c3sc3ccccc34)cc2)cc(-c2cccc3ccccc23)c1. The highest BCUT2D eigenvalue weighted by Gasteiger charge is 2.21. The first kappa shape index (κ1) is 35.2. The molecule has 0 aliphatic rings. The fourth-order valence-corrected chi connectivity index (χ4v) is 10.6. The van der Waals surface area contributed by atoms with Gasteiger partial charge in [-0.15, -0.1) is 11.3 Å². The van der Waals surface area contributed by atoms with Crippen LogP contribution in [0.1, 0.15) is 0 Å². The standard InChI is InChI=1S/C58H38N2S/c1-2-21-46-40(15-1)16-12-26-47(46)42-18-11-17-41(37-42)39-33-35-43(36-34-39)59(44-19-13-20-45(38-44)60-55-30-8-3-22-48(55)49-23-4-9-31-56(49)60)54-29-7-5-24-50(54)52-27-14-28-53-51-25-6-10-32-57(51)61-58(52)53/h1-38H. The van der Waals surface area contributed by atoms with Crippen LogP contribution in [0.4, 0.5) is 17.1 Å². The van der Waals surface area contributed by atoms with Crippen LogP contribution in [0.3, 0.4) is 0 Å². The van der Waals surface area contributed by atoms with Gasteiger partial charge in [0.05, 0.1) is 16.7 Å². The minimum atomic E-state index is 1.08. The highest BCUT2D eigenvalue weighted by Crippen LogP contribution is 2.47. The van der Waals surface area contributed by atoms with E-state index >= 15 is 0 Å². The van der Waals surface area contributed by atoms with Gasteiger partial charge in [0.2, 0.25) is 0 Å². The molecule has 0 unspecified atom stereocenters. The number of aromatic nitrogens is 1. The minimum Gasteiger partial charge on any atom is -0.310 e. The van der Waals surface area contributed by atoms with E-state index in [0.29, 0.717) is 0 Å². The van der Waals surface area contributed by atoms with Gasteiger partial charge in [-0.05, 0) is 93.7 Å². The average Bonchev–Trinajstić information content (AvgIpc) is 3.88. The second-order valence-electron chi connectivity index (χ2n) is 15.7. The van der Waals surface area contributed by atoms with Gasteiger partial charge >= 0.3 is 0 Å². The topological polar surface area (TPSA) is 8.17 Å². The lowest BCUT2D eigenvalue weighted by Crippen LogP contribution is -2.11. The summed E-state index contributed by atoms with van der Waals surface area (Å²) in [5.74, 6) is 0. The van der Waals surface area contributed by atoms with Gasteiger partial charge in [0.1, 0.15) is 0 Å². The van der Waals surface area contributed by atoms with Gasteiger partial charge in [-0.25, -0.2) is 0 Å². The highest BCUT2D eigenvalue weighted by atomic mass is 32.1. The Bertz CT molecular complexity index is 3550. The monoisotopic (exact) mass is 794 g/mol. The van der Waals surface area contributed by atoms with E-state index < -0.39 is 0 Å². The molecule has 0 radical (unpaired) electrons. The maximum Gasteiger partial charge on any atom is 0.0541 e. The van der Waals surface area contributed by atoms with Gasteiger partial charge in [-0.3, -0.25) is 0 Å². The minimum absolute atomic E-state index is 1.08. The molecule has 0 aliphatic carbocycles. The number of nitrogens with zero attached hydrogens (tertiary/aromatic N) is 2. The van der Waals surface area contributed by atoms with Gasteiger partial charge in [0.15, 0.2) is 0 Å². The number of fused-ring (bicyclic) bond motifs is 7. The number of thiophene rings is 1. The summed E-state index contributed by atoms with van der Waals surface area (Å²) < 4.78 is 5.01. The molecule has 2 aromatic heterocycles. The van der Waals surface area contributed by atoms with Crippen LogP contribution in [0, 0.1) is 0 Å². The van der Waals surface area contributed by atoms with Crippen molar-refractivity contribution in [1.29, 1.82) is 0 Å². The normalized spacial score (nSPS) is 11.6. The Hall–Kier alpha value is -7.72. The Morgan fingerprint density at radius 1 is 0.344 bits per heavy atom. The summed E-state index contributed by atoms with van der Waals surface area (Å²) >= 11 is 1.88. The highest BCUT2D eigenvalue weighted by molar-refractivity contribution is 7.26. The summed E-state index contributed by atoms with van der Waals surface area (Å²) in [7, 11) is 0. The molecule has 0 N–H and O–H groups in total. The van der Waals surface area contributed by atoms with Crippen molar-refractivity contribution >= 4 is 81.1 Å². The van der Waals surface area contributed by atoms with Crippen LogP contribution >= 0.6 is 11.3 Å². The molecule has 12 rings (SSSR count). The van der Waals surface area contributed by atoms with Gasteiger partial charge in [0.25, 0.3) is 0 Å². The zero-order chi connectivity index (χ0) is 40.3. The maximum absolute atomic E-state index is 2.44. The molecular formula is C58H38N2S. The molecule has 2 heterocycles. The summed E-state index contributed by atoms with van der Waals surface area (Å²) in [5, 5.41) is 7.62. The Kier molecular flexibility index (Phi) is 8.39. The summed E-state index contributed by atoms with van der Waals surface area (Å²) in [6, 6.07) is 84.2. The van der Waals surface area contributed by atoms with E-state index in [1.54, 1.807) is 0 Å². The third-order valence-corrected chi connectivity index (χ3v) is 13.4. The van der Waals surface area contributed by atoms with Crippen LogP contribution in [0.15, 0.2) is 231 Å². The van der Waals surface area contributed by atoms with E-state index in [1.165, 1.54) is 86.1 Å². The maximum atomic E-state index is 2.44. The largest absolute Gasteiger partial charge is 0.310 e. The molecule has 0 aliphatic heterocycles. The van der Waals surface area contributed by atoms with Crippen molar-refractivity contribution in [3.05, 3.63) is 231 Å². The van der Waals surface area contributed by atoms with E-state index in [4.69, 9.17) is 0 Å². The first-order valence-corrected chi connectivity index (χ1v) is 21.7. The van der Waals surface area contributed by atoms with Crippen molar-refractivity contribution in [2.45, 2.75) is 0 Å². The average molecular weight is 795 g/mol. The quantitative estimate of drug-likeness (QED) is 0.156. The van der Waals surface area contributed by atoms with Crippen LogP contribution in [0.5, 0.6) is 0 Å². The Labute approximate surface area is 358 Å². The lowest BCUT2D eigenvalue weighted by molar-refractivity contribution is 1.17. The zero-order valence-electron chi connectivity index (χ0n) is 33.2. The van der Waals surface area contributed by atoms with Gasteiger partial charge < -0.3 is 9.47 Å². The molecule has 2 nitrogen and oxygen atoms in total. The smallest absolute Gasteiger partial charge is 0.0541 e. The van der Waals surface area contributed by atoms with Crippen LogP contribution < -0.4 is 4.90 Å².